The Bertz CT molecular complexity index is 8550. The van der Waals surface area contributed by atoms with Crippen LogP contribution in [-0.4, -0.2) is 39.0 Å². The van der Waals surface area contributed by atoms with Crippen molar-refractivity contribution in [2.45, 2.75) is 0 Å². The van der Waals surface area contributed by atoms with Gasteiger partial charge >= 0.3 is 0 Å². The van der Waals surface area contributed by atoms with Crippen LogP contribution in [0.5, 0.6) is 0 Å². The van der Waals surface area contributed by atoms with Gasteiger partial charge in [-0.05, 0) is 201 Å². The molecule has 0 spiro atoms. The molecule has 0 amide bonds. The van der Waals surface area contributed by atoms with E-state index in [4.69, 9.17) is 51.9 Å². The van der Waals surface area contributed by atoms with Gasteiger partial charge in [0.25, 0.3) is 0 Å². The molecular formula is C114H62N14O2. The third kappa shape index (κ3) is 14.0. The second kappa shape index (κ2) is 32.3. The van der Waals surface area contributed by atoms with Crippen molar-refractivity contribution in [1.29, 1.82) is 21.0 Å². The highest BCUT2D eigenvalue weighted by Crippen LogP contribution is 2.46. The summed E-state index contributed by atoms with van der Waals surface area (Å²) in [6, 6.07) is 133. The number of para-hydroxylation sites is 3. The van der Waals surface area contributed by atoms with Gasteiger partial charge < -0.3 is 18.0 Å². The molecule has 600 valence electrons. The zero-order chi connectivity index (χ0) is 87.5. The molecule has 0 aliphatic rings. The summed E-state index contributed by atoms with van der Waals surface area (Å²) < 4.78 is 17.2. The van der Waals surface area contributed by atoms with Gasteiger partial charge in [-0.1, -0.05) is 231 Å². The third-order valence-electron chi connectivity index (χ3n) is 23.8. The van der Waals surface area contributed by atoms with E-state index in [1.165, 1.54) is 0 Å². The molecule has 0 bridgehead atoms. The van der Waals surface area contributed by atoms with E-state index in [1.807, 2.05) is 182 Å². The highest BCUT2D eigenvalue weighted by molar-refractivity contribution is 6.14. The Hall–Kier alpha value is -19.1. The summed E-state index contributed by atoms with van der Waals surface area (Å²) in [5.41, 5.74) is 24.6. The molecular weight excluding hydrogens is 1600 g/mol. The van der Waals surface area contributed by atoms with E-state index in [2.05, 4.69) is 195 Å². The molecule has 6 aromatic heterocycles. The van der Waals surface area contributed by atoms with Crippen LogP contribution in [0.4, 0.5) is 11.4 Å². The molecule has 0 aliphatic carbocycles. The Morgan fingerprint density at radius 3 is 0.931 bits per heavy atom. The number of fused-ring (bicyclic) bond motifs is 12. The number of nitriles is 4. The van der Waals surface area contributed by atoms with Crippen LogP contribution in [0.2, 0.25) is 0 Å². The molecule has 17 aromatic carbocycles. The standard InChI is InChI=1S/C61H32N8O.C53H30N6O/c1-65-48-28-39(36-64)27-47(29-48)44-17-21-50-49-20-16-43(46-25-37(34-62)24-38(26-46)35-63)31-55(49)69(56(50)32-44)54-23-19-42(45-18-22-52-51-14-8-9-15-57(51)70-58(52)33-45)30-53(54)61-67-59(40-10-4-2-5-11-40)66-60(68-61)41-12-6-3-7-13-41;1-55-40-27-33(32-54)26-39(28-40)37-22-24-47-44(29-37)41-16-8-10-18-46(41)59(47)48-25-21-36(38-20-23-43-42-17-9-11-19-49(42)60-50(43)31-38)30-45(48)53-57-51(34-12-4-2-5-13-34)56-52(58-53)35-14-6-3-7-15-35/h2-33H;2-31H. The Balaban J connectivity index is 0.000000154. The molecule has 0 unspecified atom stereocenters. The van der Waals surface area contributed by atoms with Crippen molar-refractivity contribution in [2.24, 2.45) is 0 Å². The lowest BCUT2D eigenvalue weighted by molar-refractivity contribution is 0.668. The predicted octanol–water partition coefficient (Wildman–Crippen LogP) is 28.7. The maximum Gasteiger partial charge on any atom is 0.189 e. The summed E-state index contributed by atoms with van der Waals surface area (Å²) in [4.78, 5) is 38.4. The molecule has 6 heterocycles. The third-order valence-corrected chi connectivity index (χ3v) is 23.8. The molecule has 0 atom stereocenters. The van der Waals surface area contributed by atoms with Crippen LogP contribution in [-0.2, 0) is 0 Å². The maximum atomic E-state index is 9.97. The monoisotopic (exact) mass is 1660 g/mol. The fraction of sp³-hybridized carbons (Fsp3) is 0. The van der Waals surface area contributed by atoms with Gasteiger partial charge in [-0.3, -0.25) is 0 Å². The first-order chi connectivity index (χ1) is 64.1. The number of aromatic nitrogens is 8. The van der Waals surface area contributed by atoms with Crippen LogP contribution >= 0.6 is 0 Å². The van der Waals surface area contributed by atoms with E-state index in [0.717, 1.165) is 182 Å². The van der Waals surface area contributed by atoms with Crippen molar-refractivity contribution in [2.75, 3.05) is 0 Å². The Kier molecular flexibility index (Phi) is 19.1. The van der Waals surface area contributed by atoms with E-state index in [0.29, 0.717) is 74.1 Å². The topological polar surface area (TPSA) is 217 Å². The fourth-order valence-electron chi connectivity index (χ4n) is 17.6. The summed E-state index contributed by atoms with van der Waals surface area (Å²) in [6.45, 7) is 15.5. The minimum Gasteiger partial charge on any atom is -0.456 e. The van der Waals surface area contributed by atoms with Gasteiger partial charge in [0.1, 0.15) is 22.3 Å². The lowest BCUT2D eigenvalue weighted by Gasteiger charge is -2.17. The average molecular weight is 1660 g/mol. The lowest BCUT2D eigenvalue weighted by atomic mass is 9.98. The molecule has 16 nitrogen and oxygen atoms in total. The van der Waals surface area contributed by atoms with Gasteiger partial charge in [0.15, 0.2) is 46.3 Å². The van der Waals surface area contributed by atoms with E-state index < -0.39 is 0 Å². The largest absolute Gasteiger partial charge is 0.456 e. The van der Waals surface area contributed by atoms with Crippen molar-refractivity contribution in [3.8, 4) is 160 Å². The predicted molar refractivity (Wildman–Crippen MR) is 514 cm³/mol. The van der Waals surface area contributed by atoms with E-state index in [9.17, 15) is 21.0 Å². The second-order valence-electron chi connectivity index (χ2n) is 31.5. The number of furan rings is 2. The van der Waals surface area contributed by atoms with Crippen LogP contribution < -0.4 is 0 Å². The second-order valence-corrected chi connectivity index (χ2v) is 31.5. The van der Waals surface area contributed by atoms with Gasteiger partial charge in [-0.15, -0.1) is 0 Å². The van der Waals surface area contributed by atoms with Crippen LogP contribution in [0.25, 0.3) is 233 Å². The van der Waals surface area contributed by atoms with Gasteiger partial charge in [0.2, 0.25) is 0 Å². The molecule has 0 N–H and O–H groups in total. The van der Waals surface area contributed by atoms with Crippen LogP contribution in [0.15, 0.2) is 385 Å². The molecule has 0 aliphatic heterocycles. The first-order valence-corrected chi connectivity index (χ1v) is 41.9. The molecule has 0 fully saturated rings. The number of benzene rings is 17. The molecule has 130 heavy (non-hydrogen) atoms. The Morgan fingerprint density at radius 2 is 0.515 bits per heavy atom. The number of hydrogen-bond acceptors (Lipinski definition) is 12. The van der Waals surface area contributed by atoms with Crippen LogP contribution in [0.1, 0.15) is 22.3 Å². The van der Waals surface area contributed by atoms with Crippen molar-refractivity contribution in [1.82, 2.24) is 39.0 Å². The smallest absolute Gasteiger partial charge is 0.189 e. The molecule has 0 saturated heterocycles. The average Bonchev–Trinajstić information content (AvgIpc) is 1.57. The maximum absolute atomic E-state index is 9.97. The van der Waals surface area contributed by atoms with Gasteiger partial charge in [0.05, 0.1) is 82.0 Å². The summed E-state index contributed by atoms with van der Waals surface area (Å²) in [5, 5.41) is 47.9. The number of rotatable bonds is 13. The van der Waals surface area contributed by atoms with Crippen molar-refractivity contribution in [3.05, 3.63) is 421 Å². The lowest BCUT2D eigenvalue weighted by Crippen LogP contribution is -2.04. The molecule has 23 aromatic rings. The van der Waals surface area contributed by atoms with E-state index in [-0.39, 0.29) is 0 Å². The molecule has 0 radical (unpaired) electrons. The molecule has 23 rings (SSSR count). The Labute approximate surface area is 743 Å². The van der Waals surface area contributed by atoms with Crippen molar-refractivity contribution < 1.29 is 8.83 Å². The minimum atomic E-state index is 0.368. The normalized spacial score (nSPS) is 11.2. The SMILES string of the molecule is [C-]#[N+]c1cc(C#N)cc(-c2ccc3c(c2)c2ccccc2n3-c2ccc(-c3ccc4c(c3)oc3ccccc34)cc2-c2nc(-c3ccccc3)nc(-c3ccccc3)n2)c1.[C-]#[N+]c1cc(C#N)cc(-c2ccc3c4ccc(-c5cc(C#N)cc(C#N)c5)cc4n(-c4ccc(-c5ccc6c(c5)oc5ccccc56)cc4-c4nc(-c5ccccc5)nc(-c5ccccc5)n4)c3c2)c1. The summed E-state index contributed by atoms with van der Waals surface area (Å²) in [6.07, 6.45) is 0. The van der Waals surface area contributed by atoms with Crippen LogP contribution in [0, 0.1) is 58.5 Å². The van der Waals surface area contributed by atoms with Gasteiger partial charge in [0, 0.05) is 87.6 Å². The Morgan fingerprint density at radius 1 is 0.215 bits per heavy atom. The summed E-state index contributed by atoms with van der Waals surface area (Å²) >= 11 is 0. The zero-order valence-corrected chi connectivity index (χ0v) is 68.9. The molecule has 0 saturated carbocycles. The van der Waals surface area contributed by atoms with Crippen molar-refractivity contribution >= 4 is 98.9 Å². The summed E-state index contributed by atoms with van der Waals surface area (Å²) in [7, 11) is 0. The van der Waals surface area contributed by atoms with Crippen LogP contribution in [0.3, 0.4) is 0 Å². The highest BCUT2D eigenvalue weighted by Gasteiger charge is 2.26. The first kappa shape index (κ1) is 77.0. The quantitative estimate of drug-likeness (QED) is 0.0985. The highest BCUT2D eigenvalue weighted by atomic mass is 16.3. The minimum absolute atomic E-state index is 0.368. The van der Waals surface area contributed by atoms with Gasteiger partial charge in [-0.2, -0.15) is 21.0 Å². The van der Waals surface area contributed by atoms with E-state index >= 15 is 0 Å². The van der Waals surface area contributed by atoms with Gasteiger partial charge in [-0.25, -0.2) is 39.6 Å². The number of hydrogen-bond donors (Lipinski definition) is 0. The zero-order valence-electron chi connectivity index (χ0n) is 68.9. The summed E-state index contributed by atoms with van der Waals surface area (Å²) in [5.74, 6) is 3.15. The van der Waals surface area contributed by atoms with E-state index in [1.54, 1.807) is 42.5 Å². The van der Waals surface area contributed by atoms with Crippen molar-refractivity contribution in [3.63, 3.8) is 0 Å². The fourth-order valence-corrected chi connectivity index (χ4v) is 17.6. The first-order valence-electron chi connectivity index (χ1n) is 41.9. The molecule has 16 heteroatoms. The number of nitrogens with zero attached hydrogens (tertiary/aromatic N) is 14.